The fourth-order valence-corrected chi connectivity index (χ4v) is 3.41. The van der Waals surface area contributed by atoms with Gasteiger partial charge in [0.05, 0.1) is 4.88 Å². The van der Waals surface area contributed by atoms with Gasteiger partial charge in [-0.2, -0.15) is 0 Å². The lowest BCUT2D eigenvalue weighted by Crippen LogP contribution is -2.46. The molecule has 0 spiro atoms. The Morgan fingerprint density at radius 2 is 2.12 bits per heavy atom. The van der Waals surface area contributed by atoms with E-state index in [-0.39, 0.29) is 24.5 Å². The number of thiophene rings is 1. The van der Waals surface area contributed by atoms with Gasteiger partial charge in [-0.1, -0.05) is 6.07 Å². The van der Waals surface area contributed by atoms with E-state index < -0.39 is 5.60 Å². The van der Waals surface area contributed by atoms with Gasteiger partial charge in [0.2, 0.25) is 0 Å². The van der Waals surface area contributed by atoms with Gasteiger partial charge in [0.15, 0.2) is 5.78 Å². The summed E-state index contributed by atoms with van der Waals surface area (Å²) in [6.45, 7) is 6.93. The van der Waals surface area contributed by atoms with Gasteiger partial charge in [-0.3, -0.25) is 4.79 Å². The van der Waals surface area contributed by atoms with Crippen LogP contribution in [0.3, 0.4) is 0 Å². The van der Waals surface area contributed by atoms with Gasteiger partial charge in [0.1, 0.15) is 12.2 Å². The van der Waals surface area contributed by atoms with Crippen LogP contribution in [-0.2, 0) is 9.47 Å². The summed E-state index contributed by atoms with van der Waals surface area (Å²) >= 11 is 1.43. The molecule has 1 atom stereocenters. The molecule has 2 heterocycles. The van der Waals surface area contributed by atoms with Gasteiger partial charge >= 0.3 is 6.09 Å². The molecule has 24 heavy (non-hydrogen) atoms. The van der Waals surface area contributed by atoms with Crippen molar-refractivity contribution in [1.29, 1.82) is 0 Å². The van der Waals surface area contributed by atoms with E-state index in [1.165, 1.54) is 11.3 Å². The molecule has 1 amide bonds. The monoisotopic (exact) mass is 353 g/mol. The summed E-state index contributed by atoms with van der Waals surface area (Å²) < 4.78 is 11.0. The Bertz CT molecular complexity index is 536. The zero-order valence-corrected chi connectivity index (χ0v) is 15.6. The zero-order chi connectivity index (χ0) is 17.6. The number of ketones is 1. The summed E-state index contributed by atoms with van der Waals surface area (Å²) in [5.41, 5.74) is -0.483. The molecule has 1 aliphatic heterocycles. The highest BCUT2D eigenvalue weighted by atomic mass is 32.1. The molecule has 0 aliphatic carbocycles. The molecule has 0 aromatic carbocycles. The number of nitrogens with zero attached hydrogens (tertiary/aromatic N) is 1. The second-order valence-electron chi connectivity index (χ2n) is 7.07. The molecular weight excluding hydrogens is 326 g/mol. The van der Waals surface area contributed by atoms with Crippen LogP contribution in [0.2, 0.25) is 0 Å². The van der Waals surface area contributed by atoms with Crippen LogP contribution in [0.4, 0.5) is 4.79 Å². The first-order valence-corrected chi connectivity index (χ1v) is 9.39. The second-order valence-corrected chi connectivity index (χ2v) is 8.01. The maximum Gasteiger partial charge on any atom is 0.410 e. The average Bonchev–Trinajstić information content (AvgIpc) is 3.04. The summed E-state index contributed by atoms with van der Waals surface area (Å²) in [6.07, 6.45) is 3.56. The molecular formula is C18H27NO4S. The molecule has 1 aromatic rings. The average molecular weight is 353 g/mol. The van der Waals surface area contributed by atoms with Gasteiger partial charge in [-0.25, -0.2) is 4.79 Å². The summed E-state index contributed by atoms with van der Waals surface area (Å²) in [5, 5.41) is 1.88. The molecule has 6 heteroatoms. The molecule has 2 rings (SSSR count). The maximum atomic E-state index is 12.3. The number of hydrogen-bond acceptors (Lipinski definition) is 5. The molecule has 0 saturated carbocycles. The summed E-state index contributed by atoms with van der Waals surface area (Å²) in [7, 11) is 0. The van der Waals surface area contributed by atoms with E-state index in [4.69, 9.17) is 9.47 Å². The Hall–Kier alpha value is -1.40. The van der Waals surface area contributed by atoms with E-state index in [1.54, 1.807) is 0 Å². The number of rotatable bonds is 6. The largest absolute Gasteiger partial charge is 0.444 e. The maximum absolute atomic E-state index is 12.3. The van der Waals surface area contributed by atoms with Gasteiger partial charge in [0, 0.05) is 19.2 Å². The number of Topliss-reactive ketones (excluding diaryl/α,β-unsaturated/α-hetero) is 1. The van der Waals surface area contributed by atoms with Gasteiger partial charge in [-0.05, 0) is 57.9 Å². The van der Waals surface area contributed by atoms with Crippen LogP contribution >= 0.6 is 11.3 Å². The third kappa shape index (κ3) is 5.91. The van der Waals surface area contributed by atoms with Crippen molar-refractivity contribution in [2.45, 2.75) is 58.1 Å². The minimum Gasteiger partial charge on any atom is -0.444 e. The smallest absolute Gasteiger partial charge is 0.410 e. The highest BCUT2D eigenvalue weighted by Gasteiger charge is 2.30. The number of ether oxygens (including phenoxy) is 2. The minimum atomic E-state index is -0.483. The van der Waals surface area contributed by atoms with E-state index in [0.717, 1.165) is 37.1 Å². The Morgan fingerprint density at radius 3 is 2.79 bits per heavy atom. The third-order valence-electron chi connectivity index (χ3n) is 3.88. The summed E-state index contributed by atoms with van der Waals surface area (Å²) in [5.74, 6) is 0.0117. The fraction of sp³-hybridized carbons (Fsp3) is 0.667. The van der Waals surface area contributed by atoms with E-state index in [9.17, 15) is 9.59 Å². The first-order valence-electron chi connectivity index (χ1n) is 8.51. The first-order chi connectivity index (χ1) is 11.4. The highest BCUT2D eigenvalue weighted by Crippen LogP contribution is 2.22. The van der Waals surface area contributed by atoms with Crippen molar-refractivity contribution in [3.05, 3.63) is 22.4 Å². The molecule has 1 fully saturated rings. The topological polar surface area (TPSA) is 55.8 Å². The van der Waals surface area contributed by atoms with Crippen LogP contribution in [0.15, 0.2) is 17.5 Å². The molecule has 1 aromatic heterocycles. The van der Waals surface area contributed by atoms with Crippen LogP contribution < -0.4 is 0 Å². The molecule has 0 N–H and O–H groups in total. The van der Waals surface area contributed by atoms with Crippen LogP contribution in [-0.4, -0.2) is 48.2 Å². The quantitative estimate of drug-likeness (QED) is 0.570. The lowest BCUT2D eigenvalue weighted by atomic mass is 10.0. The number of likely N-dealkylation sites (tertiary alicyclic amines) is 1. The predicted molar refractivity (Wildman–Crippen MR) is 94.7 cm³/mol. The third-order valence-corrected chi connectivity index (χ3v) is 4.79. The van der Waals surface area contributed by atoms with Crippen molar-refractivity contribution in [2.75, 3.05) is 19.8 Å². The second kappa shape index (κ2) is 8.62. The van der Waals surface area contributed by atoms with E-state index >= 15 is 0 Å². The highest BCUT2D eigenvalue weighted by molar-refractivity contribution is 7.12. The van der Waals surface area contributed by atoms with E-state index in [2.05, 4.69) is 0 Å². The molecule has 5 nitrogen and oxygen atoms in total. The SMILES string of the molecule is CC(C)(C)OC(=O)N1CCCC[C@@H]1CCOCC(=O)c1cccs1. The predicted octanol–water partition coefficient (Wildman–Crippen LogP) is 4.13. The lowest BCUT2D eigenvalue weighted by Gasteiger charge is -2.36. The Morgan fingerprint density at radius 1 is 1.33 bits per heavy atom. The van der Waals surface area contributed by atoms with Crippen LogP contribution in [0.25, 0.3) is 0 Å². The molecule has 0 bridgehead atoms. The Kier molecular flexibility index (Phi) is 6.80. The van der Waals surface area contributed by atoms with E-state index in [1.807, 2.05) is 43.2 Å². The number of amides is 1. The first kappa shape index (κ1) is 18.9. The van der Waals surface area contributed by atoms with Gasteiger partial charge in [-0.15, -0.1) is 11.3 Å². The van der Waals surface area contributed by atoms with Gasteiger partial charge < -0.3 is 14.4 Å². The molecule has 134 valence electrons. The molecule has 0 unspecified atom stereocenters. The van der Waals surface area contributed by atoms with Crippen LogP contribution in [0.5, 0.6) is 0 Å². The summed E-state index contributed by atoms with van der Waals surface area (Å²) in [6, 6.07) is 3.80. The molecule has 1 saturated heterocycles. The number of piperidine rings is 1. The van der Waals surface area contributed by atoms with Crippen molar-refractivity contribution in [1.82, 2.24) is 4.90 Å². The Labute approximate surface area is 147 Å². The minimum absolute atomic E-state index is 0.0117. The fourth-order valence-electron chi connectivity index (χ4n) is 2.75. The standard InChI is InChI=1S/C18H27NO4S/c1-18(2,3)23-17(21)19-10-5-4-7-14(19)9-11-22-13-15(20)16-8-6-12-24-16/h6,8,12,14H,4-5,7,9-11,13H2,1-3H3/t14-/m1/s1. The van der Waals surface area contributed by atoms with Crippen molar-refractivity contribution in [3.8, 4) is 0 Å². The Balaban J connectivity index is 1.76. The van der Waals surface area contributed by atoms with Gasteiger partial charge in [0.25, 0.3) is 0 Å². The van der Waals surface area contributed by atoms with Crippen LogP contribution in [0.1, 0.15) is 56.1 Å². The van der Waals surface area contributed by atoms with E-state index in [0.29, 0.717) is 6.61 Å². The molecule has 0 radical (unpaired) electrons. The molecule has 1 aliphatic rings. The normalized spacial score (nSPS) is 18.5. The number of hydrogen-bond donors (Lipinski definition) is 0. The van der Waals surface area contributed by atoms with Crippen molar-refractivity contribution in [2.24, 2.45) is 0 Å². The lowest BCUT2D eigenvalue weighted by molar-refractivity contribution is 0.00458. The number of carbonyl (C=O) groups is 2. The summed E-state index contributed by atoms with van der Waals surface area (Å²) in [4.78, 5) is 26.8. The van der Waals surface area contributed by atoms with Crippen molar-refractivity contribution >= 4 is 23.2 Å². The number of carbonyl (C=O) groups excluding carboxylic acids is 2. The van der Waals surface area contributed by atoms with Crippen molar-refractivity contribution in [3.63, 3.8) is 0 Å². The van der Waals surface area contributed by atoms with Crippen LogP contribution in [0, 0.1) is 0 Å². The van der Waals surface area contributed by atoms with Crippen molar-refractivity contribution < 1.29 is 19.1 Å². The zero-order valence-electron chi connectivity index (χ0n) is 14.7.